The maximum atomic E-state index is 5.80. The summed E-state index contributed by atoms with van der Waals surface area (Å²) in [5.41, 5.74) is 5.80. The average Bonchev–Trinajstić information content (AvgIpc) is 3.09. The van der Waals surface area contributed by atoms with Crippen LogP contribution in [-0.2, 0) is 0 Å². The molecule has 0 bridgehead atoms. The van der Waals surface area contributed by atoms with Gasteiger partial charge in [0.1, 0.15) is 5.76 Å². The molecule has 1 unspecified atom stereocenters. The molecule has 3 N–H and O–H groups in total. The summed E-state index contributed by atoms with van der Waals surface area (Å²) >= 11 is 0. The first-order valence-corrected chi connectivity index (χ1v) is 6.73. The molecule has 0 aromatic carbocycles. The van der Waals surface area contributed by atoms with E-state index in [-0.39, 0.29) is 30.0 Å². The zero-order chi connectivity index (χ0) is 13.5. The van der Waals surface area contributed by atoms with E-state index in [1.54, 1.807) is 12.3 Å². The van der Waals surface area contributed by atoms with E-state index in [1.807, 2.05) is 12.1 Å². The molecule has 6 heteroatoms. The van der Waals surface area contributed by atoms with Gasteiger partial charge in [-0.25, -0.2) is 0 Å². The largest absolute Gasteiger partial charge is 0.468 e. The van der Waals surface area contributed by atoms with Crippen molar-refractivity contribution in [3.63, 3.8) is 0 Å². The zero-order valence-corrected chi connectivity index (χ0v) is 14.0. The lowest BCUT2D eigenvalue weighted by molar-refractivity contribution is 0.221. The van der Waals surface area contributed by atoms with Crippen LogP contribution in [0.3, 0.4) is 0 Å². The fraction of sp³-hybridized carbons (Fsp3) is 0.500. The summed E-state index contributed by atoms with van der Waals surface area (Å²) in [5, 5.41) is 2.98. The van der Waals surface area contributed by atoms with Gasteiger partial charge in [-0.2, -0.15) is 0 Å². The van der Waals surface area contributed by atoms with Crippen LogP contribution in [0.2, 0.25) is 0 Å². The van der Waals surface area contributed by atoms with Gasteiger partial charge in [0.2, 0.25) is 0 Å². The minimum absolute atomic E-state index is 0. The summed E-state index contributed by atoms with van der Waals surface area (Å²) in [6, 6.07) is 4.11. The standard InChI is InChI=1S/C14H22N4O.HI/c1-2-7-16-14(15)17-11-12(13-6-5-10-19-13)18-8-3-4-9-18;/h2,5-6,10,12H,1,3-4,7-9,11H2,(H3,15,16,17);1H. The third-order valence-electron chi connectivity index (χ3n) is 3.32. The minimum atomic E-state index is 0. The quantitative estimate of drug-likeness (QED) is 0.338. The molecule has 2 heterocycles. The molecule has 1 saturated heterocycles. The number of nitrogens with two attached hydrogens (primary N) is 1. The Morgan fingerprint density at radius 2 is 2.30 bits per heavy atom. The second kappa shape index (κ2) is 9.02. The minimum Gasteiger partial charge on any atom is -0.468 e. The third kappa shape index (κ3) is 4.82. The van der Waals surface area contributed by atoms with Crippen molar-refractivity contribution in [2.24, 2.45) is 10.7 Å². The molecular formula is C14H23IN4O. The lowest BCUT2D eigenvalue weighted by Crippen LogP contribution is -2.34. The predicted molar refractivity (Wildman–Crippen MR) is 92.4 cm³/mol. The molecule has 0 amide bonds. The number of likely N-dealkylation sites (tertiary alicyclic amines) is 1. The van der Waals surface area contributed by atoms with Crippen LogP contribution in [-0.4, -0.2) is 37.0 Å². The summed E-state index contributed by atoms with van der Waals surface area (Å²) in [7, 11) is 0. The first-order chi connectivity index (χ1) is 9.31. The van der Waals surface area contributed by atoms with E-state index in [4.69, 9.17) is 10.2 Å². The Balaban J connectivity index is 0.00000200. The van der Waals surface area contributed by atoms with Gasteiger partial charge in [0.25, 0.3) is 0 Å². The number of guanidine groups is 1. The first-order valence-electron chi connectivity index (χ1n) is 6.73. The number of aliphatic imine (C=N–C) groups is 1. The first kappa shape index (κ1) is 17.0. The summed E-state index contributed by atoms with van der Waals surface area (Å²) in [5.74, 6) is 1.41. The smallest absolute Gasteiger partial charge is 0.188 e. The van der Waals surface area contributed by atoms with E-state index >= 15 is 0 Å². The van der Waals surface area contributed by atoms with Gasteiger partial charge >= 0.3 is 0 Å². The second-order valence-electron chi connectivity index (χ2n) is 4.67. The van der Waals surface area contributed by atoms with E-state index < -0.39 is 0 Å². The van der Waals surface area contributed by atoms with E-state index in [1.165, 1.54) is 12.8 Å². The van der Waals surface area contributed by atoms with Crippen molar-refractivity contribution in [1.82, 2.24) is 10.2 Å². The number of hydrogen-bond acceptors (Lipinski definition) is 3. The molecule has 0 saturated carbocycles. The molecule has 1 aromatic heterocycles. The van der Waals surface area contributed by atoms with Gasteiger partial charge in [0, 0.05) is 6.54 Å². The Morgan fingerprint density at radius 1 is 1.55 bits per heavy atom. The normalized spacial score (nSPS) is 17.5. The van der Waals surface area contributed by atoms with Gasteiger partial charge in [-0.3, -0.25) is 9.89 Å². The summed E-state index contributed by atoms with van der Waals surface area (Å²) in [6.07, 6.45) is 5.95. The predicted octanol–water partition coefficient (Wildman–Crippen LogP) is 2.12. The van der Waals surface area contributed by atoms with Crippen molar-refractivity contribution >= 4 is 29.9 Å². The molecular weight excluding hydrogens is 367 g/mol. The lowest BCUT2D eigenvalue weighted by atomic mass is 10.2. The number of furan rings is 1. The average molecular weight is 390 g/mol. The van der Waals surface area contributed by atoms with Gasteiger partial charge in [-0.1, -0.05) is 6.08 Å². The van der Waals surface area contributed by atoms with Gasteiger partial charge in [0.05, 0.1) is 18.8 Å². The number of rotatable bonds is 6. The Labute approximate surface area is 137 Å². The highest BCUT2D eigenvalue weighted by Gasteiger charge is 2.25. The Morgan fingerprint density at radius 3 is 2.90 bits per heavy atom. The van der Waals surface area contributed by atoms with Crippen molar-refractivity contribution in [3.05, 3.63) is 36.8 Å². The summed E-state index contributed by atoms with van der Waals surface area (Å²) in [6.45, 7) is 7.08. The van der Waals surface area contributed by atoms with Crippen LogP contribution in [0.5, 0.6) is 0 Å². The topological polar surface area (TPSA) is 66.8 Å². The van der Waals surface area contributed by atoms with Crippen LogP contribution in [0.4, 0.5) is 0 Å². The lowest BCUT2D eigenvalue weighted by Gasteiger charge is -2.24. The van der Waals surface area contributed by atoms with Gasteiger partial charge in [-0.05, 0) is 38.1 Å². The van der Waals surface area contributed by atoms with Gasteiger partial charge in [0.15, 0.2) is 5.96 Å². The summed E-state index contributed by atoms with van der Waals surface area (Å²) < 4.78 is 5.53. The van der Waals surface area contributed by atoms with E-state index in [9.17, 15) is 0 Å². The van der Waals surface area contributed by atoms with E-state index in [2.05, 4.69) is 21.8 Å². The highest BCUT2D eigenvalue weighted by Crippen LogP contribution is 2.25. The highest BCUT2D eigenvalue weighted by atomic mass is 127. The molecule has 5 nitrogen and oxygen atoms in total. The Kier molecular flexibility index (Phi) is 7.68. The van der Waals surface area contributed by atoms with Crippen molar-refractivity contribution < 1.29 is 4.42 Å². The van der Waals surface area contributed by atoms with Crippen LogP contribution >= 0.6 is 24.0 Å². The molecule has 1 aromatic rings. The molecule has 1 aliphatic heterocycles. The van der Waals surface area contributed by atoms with E-state index in [0.717, 1.165) is 18.8 Å². The maximum Gasteiger partial charge on any atom is 0.188 e. The number of halogens is 1. The molecule has 20 heavy (non-hydrogen) atoms. The maximum absolute atomic E-state index is 5.80. The van der Waals surface area contributed by atoms with Gasteiger partial charge < -0.3 is 15.5 Å². The zero-order valence-electron chi connectivity index (χ0n) is 11.6. The second-order valence-corrected chi connectivity index (χ2v) is 4.67. The number of hydrogen-bond donors (Lipinski definition) is 2. The fourth-order valence-electron chi connectivity index (χ4n) is 2.34. The third-order valence-corrected chi connectivity index (χ3v) is 3.32. The molecule has 112 valence electrons. The summed E-state index contributed by atoms with van der Waals surface area (Å²) in [4.78, 5) is 6.80. The van der Waals surface area contributed by atoms with Crippen LogP contribution in [0.15, 0.2) is 40.5 Å². The SMILES string of the molecule is C=CCNC(N)=NCC(c1ccco1)N1CCCC1.I. The van der Waals surface area contributed by atoms with Gasteiger partial charge in [-0.15, -0.1) is 30.6 Å². The van der Waals surface area contributed by atoms with Crippen LogP contribution in [0, 0.1) is 0 Å². The molecule has 0 radical (unpaired) electrons. The van der Waals surface area contributed by atoms with Crippen LogP contribution < -0.4 is 11.1 Å². The fourth-order valence-corrected chi connectivity index (χ4v) is 2.34. The molecule has 1 fully saturated rings. The van der Waals surface area contributed by atoms with Crippen molar-refractivity contribution in [1.29, 1.82) is 0 Å². The molecule has 0 spiro atoms. The molecule has 1 aliphatic rings. The van der Waals surface area contributed by atoms with Crippen molar-refractivity contribution in [2.45, 2.75) is 18.9 Å². The molecule has 1 atom stereocenters. The Bertz CT molecular complexity index is 413. The number of nitrogens with zero attached hydrogens (tertiary/aromatic N) is 2. The molecule has 2 rings (SSSR count). The Hall–Kier alpha value is -1.02. The monoisotopic (exact) mass is 390 g/mol. The van der Waals surface area contributed by atoms with Crippen molar-refractivity contribution in [3.8, 4) is 0 Å². The molecule has 0 aliphatic carbocycles. The van der Waals surface area contributed by atoms with E-state index in [0.29, 0.717) is 19.0 Å². The van der Waals surface area contributed by atoms with Crippen molar-refractivity contribution in [2.75, 3.05) is 26.2 Å². The van der Waals surface area contributed by atoms with Crippen LogP contribution in [0.25, 0.3) is 0 Å². The highest BCUT2D eigenvalue weighted by molar-refractivity contribution is 14.0. The van der Waals surface area contributed by atoms with Crippen LogP contribution in [0.1, 0.15) is 24.6 Å². The number of nitrogens with one attached hydrogen (secondary N) is 1.